The molecule has 0 amide bonds. The van der Waals surface area contributed by atoms with Crippen molar-refractivity contribution in [3.8, 4) is 0 Å². The number of hydrogen-bond donors (Lipinski definition) is 3. The molecule has 0 aromatic carbocycles. The third kappa shape index (κ3) is 9.54. The normalized spacial score (nSPS) is 17.6. The number of unbranched alkanes of at least 4 members (excludes halogenated alkanes) is 5. The molecule has 6 heteroatoms. The van der Waals surface area contributed by atoms with Gasteiger partial charge in [0.25, 0.3) is 0 Å². The zero-order valence-corrected chi connectivity index (χ0v) is 14.5. The average molecular weight is 326 g/mol. The maximum absolute atomic E-state index is 9.85. The molecular formula is C14H31O4PS. The van der Waals surface area contributed by atoms with Crippen LogP contribution in [0.3, 0.4) is 0 Å². The average Bonchev–Trinajstić information content (AvgIpc) is 2.42. The molecule has 4 nitrogen and oxygen atoms in total. The topological polar surface area (TPSA) is 58.9 Å². The molecular weight excluding hydrogens is 295 g/mol. The molecule has 122 valence electrons. The van der Waals surface area contributed by atoms with Gasteiger partial charge in [0.2, 0.25) is 0 Å². The Bertz CT molecular complexity index is 287. The van der Waals surface area contributed by atoms with Crippen LogP contribution in [0.1, 0.15) is 77.6 Å². The molecule has 1 fully saturated rings. The highest BCUT2D eigenvalue weighted by atomic mass is 32.5. The van der Waals surface area contributed by atoms with Crippen molar-refractivity contribution >= 4 is 17.9 Å². The van der Waals surface area contributed by atoms with Gasteiger partial charge in [-0.1, -0.05) is 58.3 Å². The molecule has 20 heavy (non-hydrogen) atoms. The van der Waals surface area contributed by atoms with Crippen LogP contribution in [0.25, 0.3) is 0 Å². The van der Waals surface area contributed by atoms with Crippen molar-refractivity contribution in [2.24, 2.45) is 0 Å². The molecule has 0 aromatic rings. The highest BCUT2D eigenvalue weighted by Gasteiger charge is 2.21. The van der Waals surface area contributed by atoms with Gasteiger partial charge < -0.3 is 18.5 Å². The summed E-state index contributed by atoms with van der Waals surface area (Å²) in [5.41, 5.74) is 0. The highest BCUT2D eigenvalue weighted by molar-refractivity contribution is 8.14. The van der Waals surface area contributed by atoms with Gasteiger partial charge in [-0.3, -0.25) is 0 Å². The lowest BCUT2D eigenvalue weighted by Crippen LogP contribution is -2.15. The lowest BCUT2D eigenvalue weighted by molar-refractivity contribution is 0.130. The van der Waals surface area contributed by atoms with Gasteiger partial charge in [-0.25, -0.2) is 0 Å². The van der Waals surface area contributed by atoms with E-state index in [1.807, 2.05) is 0 Å². The third-order valence-corrected chi connectivity index (χ3v) is 5.96. The molecule has 1 saturated carbocycles. The van der Waals surface area contributed by atoms with Crippen molar-refractivity contribution in [2.75, 3.05) is 6.61 Å². The molecule has 0 unspecified atom stereocenters. The fourth-order valence-corrected chi connectivity index (χ4v) is 4.67. The van der Waals surface area contributed by atoms with E-state index in [-0.39, 0.29) is 17.3 Å². The monoisotopic (exact) mass is 326 g/mol. The SMILES string of the molecule is CCCCCCCCO[SH]=P(O)(O)OC1CCCCC1. The number of rotatable bonds is 10. The van der Waals surface area contributed by atoms with Gasteiger partial charge in [0.15, 0.2) is 0 Å². The zero-order chi connectivity index (χ0) is 14.7. The van der Waals surface area contributed by atoms with Gasteiger partial charge in [-0.2, -0.15) is 0 Å². The Morgan fingerprint density at radius 1 is 1.00 bits per heavy atom. The molecule has 2 N–H and O–H groups in total. The fraction of sp³-hybridized carbons (Fsp3) is 1.00. The van der Waals surface area contributed by atoms with E-state index in [4.69, 9.17) is 8.71 Å². The van der Waals surface area contributed by atoms with Crippen LogP contribution in [0.15, 0.2) is 0 Å². The second kappa shape index (κ2) is 11.2. The van der Waals surface area contributed by atoms with Crippen LogP contribution in [0, 0.1) is 0 Å². The minimum atomic E-state index is -3.33. The van der Waals surface area contributed by atoms with E-state index in [1.165, 1.54) is 32.1 Å². The summed E-state index contributed by atoms with van der Waals surface area (Å²) in [4.78, 5) is 19.7. The molecule has 0 spiro atoms. The van der Waals surface area contributed by atoms with E-state index in [2.05, 4.69) is 6.92 Å². The molecule has 0 saturated heterocycles. The first-order valence-corrected chi connectivity index (χ1v) is 11.1. The molecule has 1 rings (SSSR count). The van der Waals surface area contributed by atoms with Crippen LogP contribution in [-0.2, 0) is 19.9 Å². The van der Waals surface area contributed by atoms with Crippen molar-refractivity contribution in [3.63, 3.8) is 0 Å². The van der Waals surface area contributed by atoms with Crippen molar-refractivity contribution in [1.82, 2.24) is 0 Å². The lowest BCUT2D eigenvalue weighted by Gasteiger charge is -2.24. The number of thiol groups is 1. The van der Waals surface area contributed by atoms with Crippen molar-refractivity contribution < 1.29 is 18.5 Å². The van der Waals surface area contributed by atoms with E-state index >= 15 is 0 Å². The first-order chi connectivity index (χ1) is 9.64. The second-order valence-electron chi connectivity index (χ2n) is 5.56. The van der Waals surface area contributed by atoms with E-state index in [9.17, 15) is 9.79 Å². The summed E-state index contributed by atoms with van der Waals surface area (Å²) in [6.07, 6.45) is 12.6. The van der Waals surface area contributed by atoms with E-state index in [1.54, 1.807) is 0 Å². The van der Waals surface area contributed by atoms with Gasteiger partial charge in [0.1, 0.15) is 0 Å². The van der Waals surface area contributed by atoms with Crippen LogP contribution >= 0.6 is 6.72 Å². The van der Waals surface area contributed by atoms with Crippen molar-refractivity contribution in [1.29, 1.82) is 0 Å². The molecule has 1 aliphatic rings. The van der Waals surface area contributed by atoms with Crippen molar-refractivity contribution in [3.05, 3.63) is 0 Å². The van der Waals surface area contributed by atoms with Crippen LogP contribution in [-0.4, -0.2) is 22.5 Å². The van der Waals surface area contributed by atoms with Gasteiger partial charge in [0, 0.05) is 0 Å². The quantitative estimate of drug-likeness (QED) is 0.321. The summed E-state index contributed by atoms with van der Waals surface area (Å²) in [5.74, 6) is 0. The van der Waals surface area contributed by atoms with E-state index < -0.39 is 6.72 Å². The fourth-order valence-electron chi connectivity index (χ4n) is 2.45. The second-order valence-corrected chi connectivity index (χ2v) is 9.27. The first kappa shape index (κ1) is 18.7. The Hall–Kier alpha value is 0.620. The molecule has 0 heterocycles. The Labute approximate surface area is 127 Å². The minimum absolute atomic E-state index is 0.0113. The van der Waals surface area contributed by atoms with Crippen LogP contribution in [0.5, 0.6) is 0 Å². The van der Waals surface area contributed by atoms with Crippen LogP contribution in [0.2, 0.25) is 0 Å². The smallest absolute Gasteiger partial charge is 0.301 e. The molecule has 0 atom stereocenters. The summed E-state index contributed by atoms with van der Waals surface area (Å²) in [6.45, 7) is -0.531. The Morgan fingerprint density at radius 3 is 2.35 bits per heavy atom. The third-order valence-electron chi connectivity index (χ3n) is 3.60. The Kier molecular flexibility index (Phi) is 10.5. The minimum Gasteiger partial charge on any atom is -0.327 e. The molecule has 0 aliphatic heterocycles. The highest BCUT2D eigenvalue weighted by Crippen LogP contribution is 2.43. The van der Waals surface area contributed by atoms with Gasteiger partial charge in [-0.15, -0.1) is 0 Å². The van der Waals surface area contributed by atoms with Crippen LogP contribution < -0.4 is 0 Å². The summed E-state index contributed by atoms with van der Waals surface area (Å²) >= 11 is 0.218. The molecule has 0 aromatic heterocycles. The maximum atomic E-state index is 9.85. The van der Waals surface area contributed by atoms with Gasteiger partial charge in [0.05, 0.1) is 12.7 Å². The standard InChI is InChI=1S/C14H31O4PS/c1-2-3-4-5-6-10-13-17-20-19(15,16)18-14-11-8-7-9-12-14/h14-16,20H,2-13H2,1H3. The van der Waals surface area contributed by atoms with Crippen LogP contribution in [0.4, 0.5) is 0 Å². The number of hydrogen-bond acceptors (Lipinski definition) is 2. The Morgan fingerprint density at radius 2 is 1.65 bits per heavy atom. The summed E-state index contributed by atoms with van der Waals surface area (Å²) in [6, 6.07) is 0. The first-order valence-electron chi connectivity index (χ1n) is 8.01. The van der Waals surface area contributed by atoms with Gasteiger partial charge in [-0.05, 0) is 30.5 Å². The Balaban J connectivity index is 2.09. The predicted molar refractivity (Wildman–Crippen MR) is 87.4 cm³/mol. The molecule has 0 radical (unpaired) electrons. The van der Waals surface area contributed by atoms with Crippen molar-refractivity contribution in [2.45, 2.75) is 83.7 Å². The zero-order valence-electron chi connectivity index (χ0n) is 12.7. The predicted octanol–water partition coefficient (Wildman–Crippen LogP) is 4.10. The summed E-state index contributed by atoms with van der Waals surface area (Å²) in [7, 11) is 0. The summed E-state index contributed by atoms with van der Waals surface area (Å²) < 4.78 is 10.8. The lowest BCUT2D eigenvalue weighted by atomic mass is 9.98. The molecule has 0 bridgehead atoms. The van der Waals surface area contributed by atoms with E-state index in [0.29, 0.717) is 6.61 Å². The van der Waals surface area contributed by atoms with Gasteiger partial charge >= 0.3 is 6.72 Å². The van der Waals surface area contributed by atoms with E-state index in [0.717, 1.165) is 38.5 Å². The summed E-state index contributed by atoms with van der Waals surface area (Å²) in [5, 5.41) is 0. The largest absolute Gasteiger partial charge is 0.327 e. The maximum Gasteiger partial charge on any atom is 0.301 e. The molecule has 1 aliphatic carbocycles.